The maximum absolute atomic E-state index is 12.9. The number of nitrogens with zero attached hydrogens (tertiary/aromatic N) is 3. The van der Waals surface area contributed by atoms with E-state index in [1.165, 1.54) is 4.90 Å². The lowest BCUT2D eigenvalue weighted by Crippen LogP contribution is -2.46. The summed E-state index contributed by atoms with van der Waals surface area (Å²) in [6.45, 7) is 11.4. The summed E-state index contributed by atoms with van der Waals surface area (Å²) in [6.07, 6.45) is 0. The largest absolute Gasteiger partial charge is 0.350 e. The molecule has 0 atom stereocenters. The number of hydrogen-bond acceptors (Lipinski definition) is 5. The summed E-state index contributed by atoms with van der Waals surface area (Å²) >= 11 is 0. The molecule has 0 radical (unpaired) electrons. The predicted molar refractivity (Wildman–Crippen MR) is 95.5 cm³/mol. The number of fused-ring (bicyclic) bond motifs is 1. The summed E-state index contributed by atoms with van der Waals surface area (Å²) in [5.41, 5.74) is 1.81. The highest BCUT2D eigenvalue weighted by Crippen LogP contribution is 2.25. The maximum Gasteiger partial charge on any atom is 0.259 e. The van der Waals surface area contributed by atoms with Gasteiger partial charge in [-0.05, 0) is 39.7 Å². The smallest absolute Gasteiger partial charge is 0.259 e. The van der Waals surface area contributed by atoms with Crippen molar-refractivity contribution in [2.24, 2.45) is 0 Å². The minimum absolute atomic E-state index is 0.0265. The van der Waals surface area contributed by atoms with Crippen molar-refractivity contribution in [1.82, 2.24) is 20.4 Å². The van der Waals surface area contributed by atoms with E-state index in [0.717, 1.165) is 5.69 Å². The quantitative estimate of drug-likeness (QED) is 0.919. The summed E-state index contributed by atoms with van der Waals surface area (Å²) in [7, 11) is 1.61. The Morgan fingerprint density at radius 2 is 1.96 bits per heavy atom. The molecule has 0 fully saturated rings. The van der Waals surface area contributed by atoms with Crippen LogP contribution in [0.1, 0.15) is 62.3 Å². The molecule has 0 saturated carbocycles. The van der Waals surface area contributed by atoms with Crippen LogP contribution in [0, 0.1) is 6.92 Å². The number of pyridine rings is 1. The van der Waals surface area contributed by atoms with Crippen LogP contribution >= 0.6 is 0 Å². The summed E-state index contributed by atoms with van der Waals surface area (Å²) in [4.78, 5) is 30.9. The van der Waals surface area contributed by atoms with E-state index in [1.807, 2.05) is 34.6 Å². The summed E-state index contributed by atoms with van der Waals surface area (Å²) < 4.78 is 5.25. The molecule has 25 heavy (non-hydrogen) atoms. The van der Waals surface area contributed by atoms with E-state index in [0.29, 0.717) is 22.4 Å². The highest BCUT2D eigenvalue weighted by molar-refractivity contribution is 6.06. The van der Waals surface area contributed by atoms with Crippen LogP contribution in [-0.2, 0) is 4.79 Å². The second-order valence-electron chi connectivity index (χ2n) is 7.66. The Labute approximate surface area is 147 Å². The Bertz CT molecular complexity index is 802. The fourth-order valence-electron chi connectivity index (χ4n) is 2.53. The number of aromatic nitrogens is 2. The van der Waals surface area contributed by atoms with E-state index in [2.05, 4.69) is 15.5 Å². The van der Waals surface area contributed by atoms with Gasteiger partial charge < -0.3 is 14.7 Å². The first-order valence-corrected chi connectivity index (χ1v) is 8.33. The molecule has 0 unspecified atom stereocenters. The van der Waals surface area contributed by atoms with Crippen molar-refractivity contribution >= 4 is 22.9 Å². The number of carbonyl (C=O) groups is 2. The molecule has 2 rings (SSSR count). The number of rotatable bonds is 4. The van der Waals surface area contributed by atoms with Crippen LogP contribution in [0.15, 0.2) is 10.6 Å². The minimum Gasteiger partial charge on any atom is -0.350 e. The van der Waals surface area contributed by atoms with E-state index in [4.69, 9.17) is 4.52 Å². The van der Waals surface area contributed by atoms with Crippen molar-refractivity contribution in [3.63, 3.8) is 0 Å². The lowest BCUT2D eigenvalue weighted by atomic mass is 10.0. The highest BCUT2D eigenvalue weighted by atomic mass is 16.5. The first-order valence-electron chi connectivity index (χ1n) is 8.33. The van der Waals surface area contributed by atoms with Gasteiger partial charge in [-0.1, -0.05) is 19.0 Å². The van der Waals surface area contributed by atoms with E-state index in [1.54, 1.807) is 20.0 Å². The molecule has 2 aromatic rings. The van der Waals surface area contributed by atoms with E-state index in [-0.39, 0.29) is 29.8 Å². The monoisotopic (exact) mass is 346 g/mol. The van der Waals surface area contributed by atoms with Crippen LogP contribution in [0.4, 0.5) is 0 Å². The van der Waals surface area contributed by atoms with Crippen molar-refractivity contribution in [3.8, 4) is 0 Å². The second-order valence-corrected chi connectivity index (χ2v) is 7.66. The zero-order chi connectivity index (χ0) is 18.9. The van der Waals surface area contributed by atoms with Gasteiger partial charge in [0.25, 0.3) is 11.6 Å². The van der Waals surface area contributed by atoms with E-state index >= 15 is 0 Å². The van der Waals surface area contributed by atoms with Crippen molar-refractivity contribution in [3.05, 3.63) is 23.0 Å². The van der Waals surface area contributed by atoms with E-state index < -0.39 is 0 Å². The fourth-order valence-corrected chi connectivity index (χ4v) is 2.53. The molecule has 2 heterocycles. The Morgan fingerprint density at radius 1 is 1.32 bits per heavy atom. The normalized spacial score (nSPS) is 11.8. The summed E-state index contributed by atoms with van der Waals surface area (Å²) in [5.74, 6) is -0.333. The lowest BCUT2D eigenvalue weighted by Gasteiger charge is -2.23. The van der Waals surface area contributed by atoms with Gasteiger partial charge in [-0.3, -0.25) is 9.59 Å². The molecule has 7 nitrogen and oxygen atoms in total. The first-order chi connectivity index (χ1) is 11.5. The molecule has 0 bridgehead atoms. The third-order valence-electron chi connectivity index (χ3n) is 3.70. The fraction of sp³-hybridized carbons (Fsp3) is 0.556. The van der Waals surface area contributed by atoms with Gasteiger partial charge in [0.05, 0.1) is 23.2 Å². The number of aryl methyl sites for hydroxylation is 1. The van der Waals surface area contributed by atoms with Crippen molar-refractivity contribution < 1.29 is 14.1 Å². The van der Waals surface area contributed by atoms with Gasteiger partial charge in [-0.15, -0.1) is 0 Å². The van der Waals surface area contributed by atoms with Crippen LogP contribution in [0.2, 0.25) is 0 Å². The zero-order valence-corrected chi connectivity index (χ0v) is 15.9. The third-order valence-corrected chi connectivity index (χ3v) is 3.70. The molecule has 0 spiro atoms. The van der Waals surface area contributed by atoms with Crippen LogP contribution in [0.3, 0.4) is 0 Å². The van der Waals surface area contributed by atoms with Crippen molar-refractivity contribution in [2.45, 2.75) is 53.0 Å². The van der Waals surface area contributed by atoms with Crippen molar-refractivity contribution in [1.29, 1.82) is 0 Å². The van der Waals surface area contributed by atoms with Gasteiger partial charge in [0, 0.05) is 18.3 Å². The number of amides is 2. The summed E-state index contributed by atoms with van der Waals surface area (Å²) in [6, 6.07) is 1.76. The van der Waals surface area contributed by atoms with E-state index in [9.17, 15) is 9.59 Å². The highest BCUT2D eigenvalue weighted by Gasteiger charge is 2.24. The van der Waals surface area contributed by atoms with Gasteiger partial charge in [-0.25, -0.2) is 4.98 Å². The molecule has 0 aromatic carbocycles. The lowest BCUT2D eigenvalue weighted by molar-refractivity contribution is -0.122. The Balaban J connectivity index is 2.34. The van der Waals surface area contributed by atoms with Crippen LogP contribution in [0.25, 0.3) is 11.1 Å². The zero-order valence-electron chi connectivity index (χ0n) is 15.9. The second kappa shape index (κ2) is 6.82. The van der Waals surface area contributed by atoms with Crippen molar-refractivity contribution in [2.75, 3.05) is 13.6 Å². The van der Waals surface area contributed by atoms with Gasteiger partial charge in [-0.2, -0.15) is 0 Å². The molecular formula is C18H26N4O3. The van der Waals surface area contributed by atoms with Gasteiger partial charge in [0.2, 0.25) is 5.91 Å². The first kappa shape index (κ1) is 18.9. The summed E-state index contributed by atoms with van der Waals surface area (Å²) in [5, 5.41) is 7.37. The van der Waals surface area contributed by atoms with Crippen LogP contribution < -0.4 is 5.32 Å². The third kappa shape index (κ3) is 4.35. The minimum atomic E-state index is -0.346. The topological polar surface area (TPSA) is 88.3 Å². The van der Waals surface area contributed by atoms with Gasteiger partial charge in [0.1, 0.15) is 0 Å². The Kier molecular flexibility index (Phi) is 5.15. The molecule has 136 valence electrons. The SMILES string of the molecule is Cc1noc2nc(C(C)C)cc(C(=O)N(C)CC(=O)NC(C)(C)C)c12. The van der Waals surface area contributed by atoms with Crippen LogP contribution in [0.5, 0.6) is 0 Å². The molecular weight excluding hydrogens is 320 g/mol. The van der Waals surface area contributed by atoms with Gasteiger partial charge in [0.15, 0.2) is 0 Å². The molecule has 2 aromatic heterocycles. The Morgan fingerprint density at radius 3 is 2.52 bits per heavy atom. The number of nitrogens with one attached hydrogen (secondary N) is 1. The molecule has 0 aliphatic carbocycles. The number of hydrogen-bond donors (Lipinski definition) is 1. The maximum atomic E-state index is 12.9. The Hall–Kier alpha value is -2.44. The van der Waals surface area contributed by atoms with Gasteiger partial charge >= 0.3 is 0 Å². The average Bonchev–Trinajstić information content (AvgIpc) is 2.85. The number of likely N-dealkylation sites (N-methyl/N-ethyl adjacent to an activating group) is 1. The molecule has 2 amide bonds. The molecule has 0 saturated heterocycles. The molecule has 1 N–H and O–H groups in total. The number of carbonyl (C=O) groups excluding carboxylic acids is 2. The standard InChI is InChI=1S/C18H26N4O3/c1-10(2)13-8-12(15-11(3)21-25-16(15)19-13)17(24)22(7)9-14(23)20-18(4,5)6/h8,10H,9H2,1-7H3,(H,20,23). The average molecular weight is 346 g/mol. The van der Waals surface area contributed by atoms with Crippen LogP contribution in [-0.4, -0.2) is 46.0 Å². The molecule has 0 aliphatic heterocycles. The predicted octanol–water partition coefficient (Wildman–Crippen LogP) is 2.64. The molecule has 0 aliphatic rings. The molecule has 7 heteroatoms.